The second kappa shape index (κ2) is 5.23. The Bertz CT molecular complexity index is 141. The van der Waals surface area contributed by atoms with Gasteiger partial charge in [0.05, 0.1) is 0 Å². The molecule has 58 valence electrons. The van der Waals surface area contributed by atoms with Crippen LogP contribution in [0.5, 0.6) is 0 Å². The molecule has 0 aromatic carbocycles. The fourth-order valence-electron chi connectivity index (χ4n) is 0.812. The normalized spacial score (nSPS) is 12.8. The van der Waals surface area contributed by atoms with Gasteiger partial charge in [0.2, 0.25) is 0 Å². The Morgan fingerprint density at radius 2 is 2.30 bits per heavy atom. The molecule has 0 unspecified atom stereocenters. The Labute approximate surface area is 63.8 Å². The average molecular weight is 158 g/mol. The van der Waals surface area contributed by atoms with E-state index >= 15 is 0 Å². The minimum atomic E-state index is -0.740. The van der Waals surface area contributed by atoms with Crippen molar-refractivity contribution in [3.63, 3.8) is 0 Å². The molecule has 0 saturated heterocycles. The van der Waals surface area contributed by atoms with Crippen LogP contribution in [0.15, 0.2) is 11.3 Å². The predicted molar refractivity (Wildman–Crippen MR) is 45.0 cm³/mol. The van der Waals surface area contributed by atoms with Gasteiger partial charge >= 0.3 is 5.97 Å². The first-order chi connectivity index (χ1) is 4.72. The standard InChI is InChI=1S/C7H14O2Si/c1-3-4-6(5-10-2)7(8)9/h5H,3-4,10H2,1-2H3,(H,8,9). The summed E-state index contributed by atoms with van der Waals surface area (Å²) in [5, 5.41) is 8.59. The van der Waals surface area contributed by atoms with Gasteiger partial charge < -0.3 is 5.11 Å². The number of carboxylic acids is 1. The van der Waals surface area contributed by atoms with Crippen molar-refractivity contribution in [1.29, 1.82) is 0 Å². The molecule has 0 radical (unpaired) electrons. The number of carboxylic acid groups (broad SMARTS) is 1. The minimum absolute atomic E-state index is 0.239. The van der Waals surface area contributed by atoms with E-state index < -0.39 is 5.97 Å². The van der Waals surface area contributed by atoms with E-state index in [4.69, 9.17) is 5.11 Å². The highest BCUT2D eigenvalue weighted by Crippen LogP contribution is 2.03. The van der Waals surface area contributed by atoms with Crippen molar-refractivity contribution in [1.82, 2.24) is 0 Å². The maximum absolute atomic E-state index is 10.4. The quantitative estimate of drug-likeness (QED) is 0.489. The smallest absolute Gasteiger partial charge is 0.330 e. The highest BCUT2D eigenvalue weighted by Gasteiger charge is 2.02. The van der Waals surface area contributed by atoms with Gasteiger partial charge in [-0.1, -0.05) is 25.6 Å². The lowest BCUT2D eigenvalue weighted by Gasteiger charge is -1.96. The van der Waals surface area contributed by atoms with Gasteiger partial charge in [0.25, 0.3) is 0 Å². The highest BCUT2D eigenvalue weighted by atomic mass is 28.2. The van der Waals surface area contributed by atoms with E-state index in [1.54, 1.807) is 0 Å². The van der Waals surface area contributed by atoms with Crippen molar-refractivity contribution >= 4 is 15.5 Å². The molecule has 10 heavy (non-hydrogen) atoms. The molecular formula is C7H14O2Si. The molecule has 0 aliphatic rings. The van der Waals surface area contributed by atoms with Gasteiger partial charge in [0.1, 0.15) is 0 Å². The number of hydrogen-bond donors (Lipinski definition) is 1. The molecule has 0 rings (SSSR count). The molecule has 0 heterocycles. The lowest BCUT2D eigenvalue weighted by molar-refractivity contribution is -0.132. The summed E-state index contributed by atoms with van der Waals surface area (Å²) in [6.45, 7) is 4.08. The summed E-state index contributed by atoms with van der Waals surface area (Å²) in [5.41, 5.74) is 2.52. The zero-order valence-corrected chi connectivity index (χ0v) is 7.97. The molecule has 0 aliphatic heterocycles. The molecule has 0 spiro atoms. The Balaban J connectivity index is 3.98. The van der Waals surface area contributed by atoms with Gasteiger partial charge in [0, 0.05) is 15.1 Å². The number of rotatable bonds is 4. The Morgan fingerprint density at radius 1 is 1.70 bits per heavy atom. The van der Waals surface area contributed by atoms with Gasteiger partial charge in [-0.15, -0.1) is 0 Å². The van der Waals surface area contributed by atoms with Crippen molar-refractivity contribution in [2.75, 3.05) is 0 Å². The summed E-state index contributed by atoms with van der Waals surface area (Å²) in [4.78, 5) is 10.4. The van der Waals surface area contributed by atoms with Crippen LogP contribution in [0.25, 0.3) is 0 Å². The van der Waals surface area contributed by atoms with E-state index in [0.29, 0.717) is 5.57 Å². The van der Waals surface area contributed by atoms with Crippen LogP contribution < -0.4 is 0 Å². The highest BCUT2D eigenvalue weighted by molar-refractivity contribution is 6.41. The summed E-state index contributed by atoms with van der Waals surface area (Å²) in [6.07, 6.45) is 1.64. The zero-order chi connectivity index (χ0) is 7.98. The van der Waals surface area contributed by atoms with Crippen LogP contribution in [0.3, 0.4) is 0 Å². The molecule has 1 N–H and O–H groups in total. The average Bonchev–Trinajstić information content (AvgIpc) is 1.87. The summed E-state index contributed by atoms with van der Waals surface area (Å²) in [6, 6.07) is 0. The zero-order valence-electron chi connectivity index (χ0n) is 6.55. The van der Waals surface area contributed by atoms with Crippen LogP contribution in [-0.4, -0.2) is 20.6 Å². The third kappa shape index (κ3) is 3.45. The molecule has 0 atom stereocenters. The minimum Gasteiger partial charge on any atom is -0.478 e. The van der Waals surface area contributed by atoms with Gasteiger partial charge in [-0.3, -0.25) is 0 Å². The van der Waals surface area contributed by atoms with Crippen molar-refractivity contribution in [2.45, 2.75) is 26.3 Å². The molecule has 0 fully saturated rings. The molecule has 2 nitrogen and oxygen atoms in total. The maximum Gasteiger partial charge on any atom is 0.330 e. The Morgan fingerprint density at radius 3 is 2.60 bits per heavy atom. The van der Waals surface area contributed by atoms with E-state index in [0.717, 1.165) is 12.8 Å². The summed E-state index contributed by atoms with van der Waals surface area (Å²) >= 11 is 0. The monoisotopic (exact) mass is 158 g/mol. The van der Waals surface area contributed by atoms with Crippen LogP contribution in [0.4, 0.5) is 0 Å². The predicted octanol–water partition coefficient (Wildman–Crippen LogP) is 0.972. The first-order valence-corrected chi connectivity index (χ1v) is 5.87. The molecular weight excluding hydrogens is 144 g/mol. The number of aliphatic carboxylic acids is 1. The van der Waals surface area contributed by atoms with E-state index in [1.165, 1.54) is 0 Å². The maximum atomic E-state index is 10.4. The molecule has 0 aromatic rings. The van der Waals surface area contributed by atoms with Crippen LogP contribution in [-0.2, 0) is 4.79 Å². The topological polar surface area (TPSA) is 37.3 Å². The third-order valence-electron chi connectivity index (χ3n) is 1.24. The lowest BCUT2D eigenvalue weighted by Crippen LogP contribution is -2.01. The SMILES string of the molecule is CCCC(=C[SiH2]C)C(=O)O. The van der Waals surface area contributed by atoms with Crippen molar-refractivity contribution in [3.8, 4) is 0 Å². The molecule has 0 amide bonds. The summed E-state index contributed by atoms with van der Waals surface area (Å²) in [7, 11) is -0.239. The Kier molecular flexibility index (Phi) is 4.93. The second-order valence-corrected chi connectivity index (χ2v) is 3.42. The molecule has 0 aromatic heterocycles. The fourth-order valence-corrected chi connectivity index (χ4v) is 1.68. The van der Waals surface area contributed by atoms with Crippen LogP contribution in [0.2, 0.25) is 6.55 Å². The number of carbonyl (C=O) groups is 1. The van der Waals surface area contributed by atoms with Gasteiger partial charge in [-0.2, -0.15) is 0 Å². The Hall–Kier alpha value is -0.573. The van der Waals surface area contributed by atoms with E-state index in [2.05, 4.69) is 6.55 Å². The summed E-state index contributed by atoms with van der Waals surface area (Å²) < 4.78 is 0. The molecule has 3 heteroatoms. The fraction of sp³-hybridized carbons (Fsp3) is 0.571. The van der Waals surface area contributed by atoms with Gasteiger partial charge in [0.15, 0.2) is 0 Å². The van der Waals surface area contributed by atoms with E-state index in [9.17, 15) is 4.79 Å². The van der Waals surface area contributed by atoms with E-state index in [1.807, 2.05) is 12.6 Å². The third-order valence-corrected chi connectivity index (χ3v) is 2.15. The second-order valence-electron chi connectivity index (χ2n) is 2.19. The largest absolute Gasteiger partial charge is 0.478 e. The summed E-state index contributed by atoms with van der Waals surface area (Å²) in [5.74, 6) is -0.740. The van der Waals surface area contributed by atoms with Gasteiger partial charge in [-0.05, 0) is 6.42 Å². The first-order valence-electron chi connectivity index (χ1n) is 3.64. The van der Waals surface area contributed by atoms with Gasteiger partial charge in [-0.25, -0.2) is 4.79 Å². The first kappa shape index (κ1) is 9.43. The van der Waals surface area contributed by atoms with Crippen molar-refractivity contribution in [2.24, 2.45) is 0 Å². The van der Waals surface area contributed by atoms with E-state index in [-0.39, 0.29) is 9.52 Å². The molecule has 0 saturated carbocycles. The van der Waals surface area contributed by atoms with Crippen molar-refractivity contribution < 1.29 is 9.90 Å². The van der Waals surface area contributed by atoms with Crippen LogP contribution in [0, 0.1) is 0 Å². The lowest BCUT2D eigenvalue weighted by atomic mass is 10.2. The van der Waals surface area contributed by atoms with Crippen LogP contribution >= 0.6 is 0 Å². The van der Waals surface area contributed by atoms with Crippen LogP contribution in [0.1, 0.15) is 19.8 Å². The molecule has 0 bridgehead atoms. The molecule has 0 aliphatic carbocycles. The number of hydrogen-bond acceptors (Lipinski definition) is 1. The van der Waals surface area contributed by atoms with Crippen molar-refractivity contribution in [3.05, 3.63) is 11.3 Å².